The zero-order valence-electron chi connectivity index (χ0n) is 5.91. The minimum atomic E-state index is -4.23. The van der Waals surface area contributed by atoms with Crippen molar-refractivity contribution in [3.05, 3.63) is 30.1 Å². The van der Waals surface area contributed by atoms with Crippen LogP contribution in [0.1, 0.15) is 10.4 Å². The molecule has 0 aliphatic rings. The van der Waals surface area contributed by atoms with Crippen molar-refractivity contribution in [2.24, 2.45) is 0 Å². The Kier molecular flexibility index (Phi) is 2.20. The molecule has 0 unspecified atom stereocenters. The number of aldehydes is 1. The third-order valence-electron chi connectivity index (χ3n) is 1.23. The van der Waals surface area contributed by atoms with E-state index in [0.29, 0.717) is 15.8 Å². The van der Waals surface area contributed by atoms with Crippen molar-refractivity contribution in [2.45, 2.75) is 0 Å². The minimum Gasteiger partial charge on any atom is -0.298 e. The number of rotatable bonds is 2. The Morgan fingerprint density at radius 3 is 2.17 bits per heavy atom. The van der Waals surface area contributed by atoms with Gasteiger partial charge in [0.1, 0.15) is 0 Å². The fourth-order valence-corrected chi connectivity index (χ4v) is 1.09. The molecule has 6 heteroatoms. The van der Waals surface area contributed by atoms with Gasteiger partial charge in [-0.05, 0) is 0 Å². The normalized spacial score (nSPS) is 11.1. The van der Waals surface area contributed by atoms with Gasteiger partial charge in [-0.3, -0.25) is 4.79 Å². The Bertz CT molecular complexity index is 381. The fraction of sp³-hybridized carbons (Fsp3) is 0. The molecule has 1 N–H and O–H groups in total. The Morgan fingerprint density at radius 1 is 1.33 bits per heavy atom. The number of carbonyl (C=O) groups excluding carboxylic acids is 1. The van der Waals surface area contributed by atoms with E-state index in [-0.39, 0.29) is 0 Å². The van der Waals surface area contributed by atoms with Gasteiger partial charge in [0.2, 0.25) is 0 Å². The molecule has 1 aromatic rings. The lowest BCUT2D eigenvalue weighted by atomic mass is 10.3. The first-order valence-corrected chi connectivity index (χ1v) is 4.38. The number of nitrogens with zero attached hydrogens (tertiary/aromatic N) is 1. The van der Waals surface area contributed by atoms with Gasteiger partial charge in [-0.2, -0.15) is 0 Å². The van der Waals surface area contributed by atoms with Crippen LogP contribution in [0, 0.1) is 0 Å². The summed E-state index contributed by atoms with van der Waals surface area (Å²) in [6, 6.07) is 2.56. The number of aromatic nitrogens is 1. The highest BCUT2D eigenvalue weighted by molar-refractivity contribution is 7.79. The maximum atomic E-state index is 10.5. The van der Waals surface area contributed by atoms with E-state index in [4.69, 9.17) is 4.55 Å². The van der Waals surface area contributed by atoms with Gasteiger partial charge >= 0.3 is 10.3 Å². The minimum absolute atomic E-state index is 0.343. The van der Waals surface area contributed by atoms with Crippen LogP contribution in [0.5, 0.6) is 0 Å². The molecule has 12 heavy (non-hydrogen) atoms. The van der Waals surface area contributed by atoms with Crippen LogP contribution in [-0.2, 0) is 10.3 Å². The van der Waals surface area contributed by atoms with Gasteiger partial charge in [-0.15, -0.1) is 8.42 Å². The van der Waals surface area contributed by atoms with Crippen LogP contribution in [0.25, 0.3) is 0 Å². The van der Waals surface area contributed by atoms with E-state index in [0.717, 1.165) is 12.4 Å². The van der Waals surface area contributed by atoms with Gasteiger partial charge in [0.15, 0.2) is 18.7 Å². The van der Waals surface area contributed by atoms with Gasteiger partial charge in [0.05, 0.1) is 0 Å². The smallest absolute Gasteiger partial charge is 0.298 e. The summed E-state index contributed by atoms with van der Waals surface area (Å²) in [6.45, 7) is 0. The van der Waals surface area contributed by atoms with E-state index in [1.54, 1.807) is 0 Å². The summed E-state index contributed by atoms with van der Waals surface area (Å²) in [7, 11) is -4.23. The van der Waals surface area contributed by atoms with Gasteiger partial charge in [-0.1, -0.05) is 3.97 Å². The Morgan fingerprint density at radius 2 is 1.83 bits per heavy atom. The summed E-state index contributed by atoms with van der Waals surface area (Å²) < 4.78 is 30.0. The number of carbonyl (C=O) groups is 1. The molecule has 0 aromatic carbocycles. The van der Waals surface area contributed by atoms with E-state index in [1.807, 2.05) is 0 Å². The SMILES string of the molecule is O=Cc1cc[n+](S(=O)(=O)O)cc1. The summed E-state index contributed by atoms with van der Waals surface area (Å²) >= 11 is 0. The molecule has 0 aliphatic heterocycles. The first kappa shape index (κ1) is 8.82. The van der Waals surface area contributed by atoms with Crippen LogP contribution in [0.3, 0.4) is 0 Å². The van der Waals surface area contributed by atoms with Crippen LogP contribution in [0.4, 0.5) is 0 Å². The van der Waals surface area contributed by atoms with Gasteiger partial charge in [0.25, 0.3) is 0 Å². The maximum Gasteiger partial charge on any atom is 0.511 e. The van der Waals surface area contributed by atoms with Gasteiger partial charge in [0, 0.05) is 17.7 Å². The van der Waals surface area contributed by atoms with Crippen molar-refractivity contribution in [1.82, 2.24) is 0 Å². The summed E-state index contributed by atoms with van der Waals surface area (Å²) in [6.07, 6.45) is 2.74. The van der Waals surface area contributed by atoms with Crippen LogP contribution >= 0.6 is 0 Å². The van der Waals surface area contributed by atoms with Crippen molar-refractivity contribution in [1.29, 1.82) is 0 Å². The lowest BCUT2D eigenvalue weighted by Gasteiger charge is -1.88. The quantitative estimate of drug-likeness (QED) is 0.383. The largest absolute Gasteiger partial charge is 0.511 e. The summed E-state index contributed by atoms with van der Waals surface area (Å²) in [5, 5.41) is 0. The molecular weight excluding hydrogens is 182 g/mol. The van der Waals surface area contributed by atoms with Crippen LogP contribution < -0.4 is 3.97 Å². The van der Waals surface area contributed by atoms with Crippen molar-refractivity contribution in [3.8, 4) is 0 Å². The zero-order valence-corrected chi connectivity index (χ0v) is 6.73. The topological polar surface area (TPSA) is 75.3 Å². The molecule has 1 rings (SSSR count). The predicted octanol–water partition coefficient (Wildman–Crippen LogP) is -0.562. The van der Waals surface area contributed by atoms with Crippen LogP contribution in [0.15, 0.2) is 24.5 Å². The maximum absolute atomic E-state index is 10.5. The van der Waals surface area contributed by atoms with E-state index in [2.05, 4.69) is 0 Å². The monoisotopic (exact) mass is 188 g/mol. The second-order valence-electron chi connectivity index (χ2n) is 2.06. The molecule has 0 amide bonds. The average Bonchev–Trinajstić information content (AvgIpc) is 2.03. The molecule has 0 spiro atoms. The second-order valence-corrected chi connectivity index (χ2v) is 3.37. The first-order chi connectivity index (χ1) is 5.54. The molecule has 5 nitrogen and oxygen atoms in total. The molecule has 0 aliphatic carbocycles. The molecule has 64 valence electrons. The molecule has 0 fully saturated rings. The Hall–Kier alpha value is -1.27. The summed E-state index contributed by atoms with van der Waals surface area (Å²) in [4.78, 5) is 10.1. The van der Waals surface area contributed by atoms with Gasteiger partial charge in [-0.25, -0.2) is 4.55 Å². The molecule has 0 saturated heterocycles. The van der Waals surface area contributed by atoms with Crippen molar-refractivity contribution in [3.63, 3.8) is 0 Å². The van der Waals surface area contributed by atoms with E-state index in [9.17, 15) is 13.2 Å². The fourth-order valence-electron chi connectivity index (χ4n) is 0.657. The highest BCUT2D eigenvalue weighted by Crippen LogP contribution is 1.89. The molecule has 0 bridgehead atoms. The molecule has 0 atom stereocenters. The average molecular weight is 188 g/mol. The van der Waals surface area contributed by atoms with E-state index >= 15 is 0 Å². The standard InChI is InChI=1S/C6H5NO4S/c8-5-6-1-3-7(4-2-6)12(9,10)11/h1-5H/p+1. The lowest BCUT2D eigenvalue weighted by Crippen LogP contribution is -2.41. The van der Waals surface area contributed by atoms with Gasteiger partial charge < -0.3 is 0 Å². The van der Waals surface area contributed by atoms with Crippen LogP contribution in [-0.4, -0.2) is 19.3 Å². The van der Waals surface area contributed by atoms with Crippen molar-refractivity contribution in [2.75, 3.05) is 0 Å². The number of hydrogen-bond donors (Lipinski definition) is 1. The second kappa shape index (κ2) is 3.00. The number of pyridine rings is 1. The number of hydrogen-bond acceptors (Lipinski definition) is 3. The molecule has 0 saturated carbocycles. The molecule has 1 aromatic heterocycles. The Labute approximate surface area is 69.2 Å². The van der Waals surface area contributed by atoms with E-state index in [1.165, 1.54) is 12.1 Å². The van der Waals surface area contributed by atoms with Crippen LogP contribution in [0.2, 0.25) is 0 Å². The molecule has 1 heterocycles. The predicted molar refractivity (Wildman–Crippen MR) is 39.0 cm³/mol. The Balaban J connectivity index is 3.17. The van der Waals surface area contributed by atoms with Crippen molar-refractivity contribution >= 4 is 16.6 Å². The summed E-state index contributed by atoms with van der Waals surface area (Å²) in [5.41, 5.74) is 0.343. The zero-order chi connectivity index (χ0) is 9.19. The highest BCUT2D eigenvalue weighted by atomic mass is 32.2. The summed E-state index contributed by atoms with van der Waals surface area (Å²) in [5.74, 6) is 0. The third kappa shape index (κ3) is 1.86. The highest BCUT2D eigenvalue weighted by Gasteiger charge is 2.15. The van der Waals surface area contributed by atoms with Crippen molar-refractivity contribution < 1.29 is 21.7 Å². The lowest BCUT2D eigenvalue weighted by molar-refractivity contribution is -0.519. The molecule has 0 radical (unpaired) electrons. The first-order valence-electron chi connectivity index (χ1n) is 2.98. The van der Waals surface area contributed by atoms with E-state index < -0.39 is 10.3 Å². The molecular formula is C6H6NO4S+. The third-order valence-corrected chi connectivity index (χ3v) is 2.01.